The largest absolute Gasteiger partial charge is 0.466 e. The normalized spacial score (nSPS) is 14.0. The number of hydrogen-bond donors (Lipinski definition) is 0. The molecule has 0 aromatic heterocycles. The molecule has 0 aromatic rings. The maximum Gasteiger partial charge on any atom is 0.305 e. The Morgan fingerprint density at radius 1 is 1.57 bits per heavy atom. The van der Waals surface area contributed by atoms with Gasteiger partial charge in [0.15, 0.2) is 0 Å². The average Bonchev–Trinajstić information content (AvgIpc) is 2.57. The van der Waals surface area contributed by atoms with Crippen LogP contribution in [0.15, 0.2) is 0 Å². The summed E-state index contributed by atoms with van der Waals surface area (Å²) in [7, 11) is 0. The Bertz CT molecular complexity index is 169. The highest BCUT2D eigenvalue weighted by molar-refractivity contribution is 5.70. The third-order valence-corrected chi connectivity index (χ3v) is 1.59. The van der Waals surface area contributed by atoms with Crippen molar-refractivity contribution in [2.45, 2.75) is 39.5 Å². The topological polar surface area (TPSA) is 52.6 Å². The Balaban J connectivity index is 0.000000249. The van der Waals surface area contributed by atoms with Crippen molar-refractivity contribution in [1.29, 1.82) is 0 Å². The Hall–Kier alpha value is -1.06. The third kappa shape index (κ3) is 9.03. The van der Waals surface area contributed by atoms with Gasteiger partial charge in [0.1, 0.15) is 0 Å². The van der Waals surface area contributed by atoms with Crippen LogP contribution in [-0.4, -0.2) is 25.2 Å². The molecule has 4 nitrogen and oxygen atoms in total. The summed E-state index contributed by atoms with van der Waals surface area (Å²) >= 11 is 0. The number of carbonyl (C=O) groups is 2. The SMILES string of the molecule is CCCCOC(C)=O.O=C1CCCO1. The van der Waals surface area contributed by atoms with E-state index < -0.39 is 0 Å². The highest BCUT2D eigenvalue weighted by Crippen LogP contribution is 2.01. The highest BCUT2D eigenvalue weighted by atomic mass is 16.5. The van der Waals surface area contributed by atoms with Gasteiger partial charge in [-0.3, -0.25) is 9.59 Å². The first-order valence-electron chi connectivity index (χ1n) is 4.95. The fourth-order valence-corrected chi connectivity index (χ4v) is 0.835. The van der Waals surface area contributed by atoms with Gasteiger partial charge in [0.2, 0.25) is 0 Å². The van der Waals surface area contributed by atoms with Crippen LogP contribution in [0.3, 0.4) is 0 Å². The number of unbranched alkanes of at least 4 members (excludes halogenated alkanes) is 1. The first-order valence-corrected chi connectivity index (χ1v) is 4.95. The minimum atomic E-state index is -0.182. The molecular weight excluding hydrogens is 184 g/mol. The maximum absolute atomic E-state index is 10.1. The zero-order valence-corrected chi connectivity index (χ0v) is 8.88. The van der Waals surface area contributed by atoms with Crippen LogP contribution in [-0.2, 0) is 19.1 Å². The molecule has 0 spiro atoms. The third-order valence-electron chi connectivity index (χ3n) is 1.59. The molecular formula is C10H18O4. The van der Waals surface area contributed by atoms with E-state index in [9.17, 15) is 9.59 Å². The number of rotatable bonds is 3. The van der Waals surface area contributed by atoms with Crippen LogP contribution >= 0.6 is 0 Å². The second kappa shape index (κ2) is 8.53. The van der Waals surface area contributed by atoms with E-state index in [4.69, 9.17) is 0 Å². The van der Waals surface area contributed by atoms with Crippen LogP contribution in [0.4, 0.5) is 0 Å². The van der Waals surface area contributed by atoms with Gasteiger partial charge in [0.05, 0.1) is 13.2 Å². The first-order chi connectivity index (χ1) is 6.66. The molecule has 1 fully saturated rings. The van der Waals surface area contributed by atoms with Crippen LogP contribution in [0.2, 0.25) is 0 Å². The lowest BCUT2D eigenvalue weighted by molar-refractivity contribution is -0.141. The lowest BCUT2D eigenvalue weighted by Gasteiger charge is -1.96. The smallest absolute Gasteiger partial charge is 0.305 e. The van der Waals surface area contributed by atoms with Crippen molar-refractivity contribution in [2.75, 3.05) is 13.2 Å². The van der Waals surface area contributed by atoms with Crippen molar-refractivity contribution in [3.8, 4) is 0 Å². The predicted molar refractivity (Wildman–Crippen MR) is 51.7 cm³/mol. The monoisotopic (exact) mass is 202 g/mol. The van der Waals surface area contributed by atoms with E-state index in [1.165, 1.54) is 6.92 Å². The predicted octanol–water partition coefficient (Wildman–Crippen LogP) is 1.67. The lowest BCUT2D eigenvalue weighted by atomic mass is 10.4. The van der Waals surface area contributed by atoms with Crippen molar-refractivity contribution in [3.63, 3.8) is 0 Å². The Morgan fingerprint density at radius 2 is 2.29 bits per heavy atom. The summed E-state index contributed by atoms with van der Waals surface area (Å²) in [6, 6.07) is 0. The zero-order valence-electron chi connectivity index (χ0n) is 8.88. The molecule has 1 rings (SSSR count). The van der Waals surface area contributed by atoms with Gasteiger partial charge in [-0.25, -0.2) is 0 Å². The van der Waals surface area contributed by atoms with Crippen molar-refractivity contribution in [1.82, 2.24) is 0 Å². The van der Waals surface area contributed by atoms with Gasteiger partial charge in [-0.05, 0) is 12.8 Å². The van der Waals surface area contributed by atoms with E-state index in [2.05, 4.69) is 16.4 Å². The molecule has 0 aliphatic carbocycles. The fourth-order valence-electron chi connectivity index (χ4n) is 0.835. The van der Waals surface area contributed by atoms with Gasteiger partial charge < -0.3 is 9.47 Å². The van der Waals surface area contributed by atoms with E-state index in [-0.39, 0.29) is 11.9 Å². The molecule has 0 aromatic carbocycles. The van der Waals surface area contributed by atoms with E-state index in [1.54, 1.807) is 0 Å². The zero-order chi connectivity index (χ0) is 10.8. The first kappa shape index (κ1) is 12.9. The molecule has 0 N–H and O–H groups in total. The van der Waals surface area contributed by atoms with Crippen LogP contribution in [0.25, 0.3) is 0 Å². The Labute approximate surface area is 84.6 Å². The quantitative estimate of drug-likeness (QED) is 0.516. The molecule has 4 heteroatoms. The number of cyclic esters (lactones) is 1. The summed E-state index contributed by atoms with van der Waals surface area (Å²) in [5.74, 6) is -0.228. The van der Waals surface area contributed by atoms with Gasteiger partial charge in [-0.1, -0.05) is 13.3 Å². The Morgan fingerprint density at radius 3 is 2.57 bits per heavy atom. The van der Waals surface area contributed by atoms with Crippen LogP contribution in [0.5, 0.6) is 0 Å². The second-order valence-corrected chi connectivity index (χ2v) is 3.02. The standard InChI is InChI=1S/C6H12O2.C4H6O2/c1-3-4-5-8-6(2)7;5-4-2-1-3-6-4/h3-5H2,1-2H3;1-3H2. The molecule has 0 unspecified atom stereocenters. The molecule has 0 amide bonds. The fraction of sp³-hybridized carbons (Fsp3) is 0.800. The van der Waals surface area contributed by atoms with Crippen LogP contribution in [0, 0.1) is 0 Å². The van der Waals surface area contributed by atoms with Crippen LogP contribution in [0.1, 0.15) is 39.5 Å². The summed E-state index contributed by atoms with van der Waals surface area (Å²) in [4.78, 5) is 20.1. The van der Waals surface area contributed by atoms with Gasteiger partial charge in [-0.15, -0.1) is 0 Å². The molecule has 1 saturated heterocycles. The van der Waals surface area contributed by atoms with Crippen molar-refractivity contribution >= 4 is 11.9 Å². The van der Waals surface area contributed by atoms with Crippen molar-refractivity contribution in [2.24, 2.45) is 0 Å². The molecule has 0 saturated carbocycles. The second-order valence-electron chi connectivity index (χ2n) is 3.02. The van der Waals surface area contributed by atoms with E-state index in [0.717, 1.165) is 19.3 Å². The minimum absolute atomic E-state index is 0.0463. The average molecular weight is 202 g/mol. The van der Waals surface area contributed by atoms with Gasteiger partial charge in [0.25, 0.3) is 0 Å². The number of hydrogen-bond acceptors (Lipinski definition) is 4. The highest BCUT2D eigenvalue weighted by Gasteiger charge is 2.08. The van der Waals surface area contributed by atoms with Crippen molar-refractivity contribution in [3.05, 3.63) is 0 Å². The Kier molecular flexibility index (Phi) is 7.89. The molecule has 0 bridgehead atoms. The van der Waals surface area contributed by atoms with Gasteiger partial charge >= 0.3 is 11.9 Å². The summed E-state index contributed by atoms with van der Waals surface area (Å²) < 4.78 is 9.16. The minimum Gasteiger partial charge on any atom is -0.466 e. The summed E-state index contributed by atoms with van der Waals surface area (Å²) in [5.41, 5.74) is 0. The van der Waals surface area contributed by atoms with Gasteiger partial charge in [-0.2, -0.15) is 0 Å². The van der Waals surface area contributed by atoms with Crippen molar-refractivity contribution < 1.29 is 19.1 Å². The van der Waals surface area contributed by atoms with Gasteiger partial charge in [0, 0.05) is 13.3 Å². The molecule has 1 heterocycles. The molecule has 14 heavy (non-hydrogen) atoms. The number of carbonyl (C=O) groups excluding carboxylic acids is 2. The summed E-state index contributed by atoms with van der Waals surface area (Å²) in [6.45, 7) is 4.70. The number of ether oxygens (including phenoxy) is 2. The lowest BCUT2D eigenvalue weighted by Crippen LogP contribution is -1.99. The van der Waals surface area contributed by atoms with E-state index >= 15 is 0 Å². The molecule has 1 aliphatic rings. The molecule has 1 aliphatic heterocycles. The summed E-state index contributed by atoms with van der Waals surface area (Å²) in [6.07, 6.45) is 3.59. The molecule has 0 atom stereocenters. The summed E-state index contributed by atoms with van der Waals surface area (Å²) in [5, 5.41) is 0. The van der Waals surface area contributed by atoms with E-state index in [0.29, 0.717) is 19.6 Å². The van der Waals surface area contributed by atoms with E-state index in [1.807, 2.05) is 0 Å². The van der Waals surface area contributed by atoms with Crippen LogP contribution < -0.4 is 0 Å². The molecule has 82 valence electrons. The number of esters is 2. The maximum atomic E-state index is 10.1. The molecule has 0 radical (unpaired) electrons.